The largest absolute Gasteiger partial charge is 0.481 e. The number of hydrogen-bond donors (Lipinski definition) is 2. The van der Waals surface area contributed by atoms with Crippen LogP contribution in [0.5, 0.6) is 0 Å². The summed E-state index contributed by atoms with van der Waals surface area (Å²) in [5.41, 5.74) is 4.60. The molecule has 146 valence electrons. The van der Waals surface area contributed by atoms with Gasteiger partial charge in [0.15, 0.2) is 0 Å². The fourth-order valence-electron chi connectivity index (χ4n) is 3.09. The lowest BCUT2D eigenvalue weighted by atomic mass is 9.92. The first-order valence-electron chi connectivity index (χ1n) is 9.82. The Kier molecular flexibility index (Phi) is 7.63. The predicted octanol–water partition coefficient (Wildman–Crippen LogP) is 4.63. The number of benzene rings is 3. The van der Waals surface area contributed by atoms with E-state index in [0.29, 0.717) is 13.1 Å². The summed E-state index contributed by atoms with van der Waals surface area (Å²) in [5, 5.41) is 11.8. The van der Waals surface area contributed by atoms with E-state index in [1.54, 1.807) is 0 Å². The summed E-state index contributed by atoms with van der Waals surface area (Å²) in [5.74, 6) is 6.13. The van der Waals surface area contributed by atoms with Crippen LogP contribution in [0.25, 0.3) is 0 Å². The van der Waals surface area contributed by atoms with E-state index in [1.165, 1.54) is 11.1 Å². The summed E-state index contributed by atoms with van der Waals surface area (Å²) >= 11 is 0. The number of nitrogens with one attached hydrogen (secondary N) is 1. The highest BCUT2D eigenvalue weighted by molar-refractivity contribution is 5.66. The summed E-state index contributed by atoms with van der Waals surface area (Å²) < 4.78 is 0. The highest BCUT2D eigenvalue weighted by Gasteiger charge is 2.09. The van der Waals surface area contributed by atoms with E-state index in [2.05, 4.69) is 65.7 Å². The minimum atomic E-state index is -0.786. The highest BCUT2D eigenvalue weighted by atomic mass is 16.4. The summed E-state index contributed by atoms with van der Waals surface area (Å²) in [6.45, 7) is 1.12. The Balaban J connectivity index is 1.67. The average Bonchev–Trinajstić information content (AvgIpc) is 2.76. The summed E-state index contributed by atoms with van der Waals surface area (Å²) in [4.78, 5) is 10.5. The number of aliphatic carboxylic acids is 1. The maximum Gasteiger partial charge on any atom is 0.304 e. The fourth-order valence-corrected chi connectivity index (χ4v) is 3.09. The Morgan fingerprint density at radius 2 is 1.52 bits per heavy atom. The van der Waals surface area contributed by atoms with Gasteiger partial charge in [-0.25, -0.2) is 0 Å². The van der Waals surface area contributed by atoms with Gasteiger partial charge in [0.1, 0.15) is 0 Å². The molecule has 3 nitrogen and oxygen atoms in total. The molecular formula is C26H25NO2. The van der Waals surface area contributed by atoms with Crippen molar-refractivity contribution in [3.05, 3.63) is 107 Å². The van der Waals surface area contributed by atoms with E-state index < -0.39 is 5.97 Å². The number of carboxylic acids is 1. The molecule has 3 aromatic carbocycles. The quantitative estimate of drug-likeness (QED) is 0.440. The lowest BCUT2D eigenvalue weighted by Crippen LogP contribution is -2.17. The average molecular weight is 383 g/mol. The van der Waals surface area contributed by atoms with Crippen LogP contribution in [0.15, 0.2) is 84.9 Å². The summed E-state index contributed by atoms with van der Waals surface area (Å²) in [6, 6.07) is 29.0. The van der Waals surface area contributed by atoms with Gasteiger partial charge in [0.25, 0.3) is 0 Å². The molecule has 2 N–H and O–H groups in total. The van der Waals surface area contributed by atoms with Crippen molar-refractivity contribution in [2.45, 2.75) is 25.3 Å². The molecule has 0 aliphatic heterocycles. The Morgan fingerprint density at radius 3 is 2.17 bits per heavy atom. The SMILES string of the molecule is O=C(O)CCNCc1ccc(C#CC(Cc2ccccc2)c2ccccc2)cc1. The minimum absolute atomic E-state index is 0.131. The van der Waals surface area contributed by atoms with Crippen molar-refractivity contribution < 1.29 is 9.90 Å². The molecule has 3 heteroatoms. The highest BCUT2D eigenvalue weighted by Crippen LogP contribution is 2.20. The van der Waals surface area contributed by atoms with Crippen LogP contribution in [-0.4, -0.2) is 17.6 Å². The Bertz CT molecular complexity index is 954. The second kappa shape index (κ2) is 10.8. The third-order valence-corrected chi connectivity index (χ3v) is 4.67. The zero-order chi connectivity index (χ0) is 20.3. The normalized spacial score (nSPS) is 11.3. The second-order valence-electron chi connectivity index (χ2n) is 6.94. The topological polar surface area (TPSA) is 49.3 Å². The van der Waals surface area contributed by atoms with E-state index in [-0.39, 0.29) is 12.3 Å². The van der Waals surface area contributed by atoms with Crippen LogP contribution in [0, 0.1) is 11.8 Å². The predicted molar refractivity (Wildman–Crippen MR) is 117 cm³/mol. The van der Waals surface area contributed by atoms with Gasteiger partial charge in [0.05, 0.1) is 6.42 Å². The molecule has 3 aromatic rings. The summed E-state index contributed by atoms with van der Waals surface area (Å²) in [6.07, 6.45) is 1.01. The lowest BCUT2D eigenvalue weighted by molar-refractivity contribution is -0.136. The van der Waals surface area contributed by atoms with Gasteiger partial charge >= 0.3 is 5.97 Å². The maximum absolute atomic E-state index is 10.5. The molecule has 1 atom stereocenters. The molecule has 0 radical (unpaired) electrons. The van der Waals surface area contributed by atoms with Gasteiger partial charge in [-0.05, 0) is 35.2 Å². The van der Waals surface area contributed by atoms with Gasteiger partial charge in [0, 0.05) is 24.6 Å². The molecule has 0 spiro atoms. The van der Waals surface area contributed by atoms with Crippen molar-refractivity contribution >= 4 is 5.97 Å². The van der Waals surface area contributed by atoms with Crippen LogP contribution in [-0.2, 0) is 17.8 Å². The first-order chi connectivity index (χ1) is 14.2. The smallest absolute Gasteiger partial charge is 0.304 e. The van der Waals surface area contributed by atoms with Gasteiger partial charge in [-0.3, -0.25) is 4.79 Å². The van der Waals surface area contributed by atoms with Gasteiger partial charge < -0.3 is 10.4 Å². The molecular weight excluding hydrogens is 358 g/mol. The van der Waals surface area contributed by atoms with E-state index in [9.17, 15) is 4.79 Å². The third-order valence-electron chi connectivity index (χ3n) is 4.67. The molecule has 0 aromatic heterocycles. The Labute approximate surface area is 172 Å². The molecule has 3 rings (SSSR count). The van der Waals surface area contributed by atoms with Crippen LogP contribution >= 0.6 is 0 Å². The van der Waals surface area contributed by atoms with Crippen LogP contribution < -0.4 is 5.32 Å². The van der Waals surface area contributed by atoms with Crippen LogP contribution in [0.4, 0.5) is 0 Å². The van der Waals surface area contributed by atoms with E-state index in [0.717, 1.165) is 17.5 Å². The van der Waals surface area contributed by atoms with Gasteiger partial charge in [-0.1, -0.05) is 84.6 Å². The first-order valence-corrected chi connectivity index (χ1v) is 9.82. The Hall–Kier alpha value is -3.35. The van der Waals surface area contributed by atoms with Crippen LogP contribution in [0.1, 0.15) is 34.6 Å². The molecule has 0 fully saturated rings. The number of hydrogen-bond acceptors (Lipinski definition) is 2. The molecule has 0 saturated carbocycles. The van der Waals surface area contributed by atoms with Crippen molar-refractivity contribution in [2.24, 2.45) is 0 Å². The molecule has 0 aliphatic rings. The molecule has 29 heavy (non-hydrogen) atoms. The molecule has 0 aliphatic carbocycles. The van der Waals surface area contributed by atoms with Crippen LogP contribution in [0.3, 0.4) is 0 Å². The van der Waals surface area contributed by atoms with Gasteiger partial charge in [0.2, 0.25) is 0 Å². The monoisotopic (exact) mass is 383 g/mol. The zero-order valence-corrected chi connectivity index (χ0v) is 16.3. The van der Waals surface area contributed by atoms with Crippen molar-refractivity contribution in [1.29, 1.82) is 0 Å². The van der Waals surface area contributed by atoms with E-state index in [1.807, 2.05) is 36.4 Å². The summed E-state index contributed by atoms with van der Waals surface area (Å²) in [7, 11) is 0. The van der Waals surface area contributed by atoms with Crippen molar-refractivity contribution in [3.63, 3.8) is 0 Å². The first kappa shape index (κ1) is 20.4. The minimum Gasteiger partial charge on any atom is -0.481 e. The van der Waals surface area contributed by atoms with E-state index in [4.69, 9.17) is 5.11 Å². The lowest BCUT2D eigenvalue weighted by Gasteiger charge is -2.11. The molecule has 0 heterocycles. The van der Waals surface area contributed by atoms with Crippen molar-refractivity contribution in [1.82, 2.24) is 5.32 Å². The van der Waals surface area contributed by atoms with Gasteiger partial charge in [-0.15, -0.1) is 0 Å². The van der Waals surface area contributed by atoms with E-state index >= 15 is 0 Å². The number of rotatable bonds is 8. The van der Waals surface area contributed by atoms with Crippen LogP contribution in [0.2, 0.25) is 0 Å². The zero-order valence-electron chi connectivity index (χ0n) is 16.3. The van der Waals surface area contributed by atoms with Gasteiger partial charge in [-0.2, -0.15) is 0 Å². The standard InChI is InChI=1S/C26H25NO2/c28-26(29)17-18-27-20-23-13-11-21(12-14-23)15-16-25(24-9-5-2-6-10-24)19-22-7-3-1-4-8-22/h1-14,25,27H,17-20H2,(H,28,29). The molecule has 0 amide bonds. The van der Waals surface area contributed by atoms with Crippen molar-refractivity contribution in [3.8, 4) is 11.8 Å². The number of carbonyl (C=O) groups is 1. The maximum atomic E-state index is 10.5. The third kappa shape index (κ3) is 6.95. The number of carboxylic acid groups (broad SMARTS) is 1. The fraction of sp³-hybridized carbons (Fsp3) is 0.192. The van der Waals surface area contributed by atoms with Crippen molar-refractivity contribution in [2.75, 3.05) is 6.54 Å². The Morgan fingerprint density at radius 1 is 0.862 bits per heavy atom. The molecule has 1 unspecified atom stereocenters. The second-order valence-corrected chi connectivity index (χ2v) is 6.94. The molecule has 0 bridgehead atoms. The molecule has 0 saturated heterocycles.